The van der Waals surface area contributed by atoms with Crippen LogP contribution < -0.4 is 26.9 Å². The number of aliphatic carboxylic acids is 1. The SMILES string of the molecule is CCCn1c(-c2cc(=O)c(O)c[nH]2)nn(S(=O)(=O)NC(=O)N2C[C@@]3(C[C@@H]3NC(=O)/C(=N\OC(C)(C)C(=O)O)c3csc(N)n3)C2=O)c1=O. The van der Waals surface area contributed by atoms with E-state index >= 15 is 0 Å². The van der Waals surface area contributed by atoms with E-state index in [0.29, 0.717) is 11.3 Å². The molecule has 2 aliphatic rings. The van der Waals surface area contributed by atoms with Crippen LogP contribution in [0.5, 0.6) is 5.75 Å². The van der Waals surface area contributed by atoms with Gasteiger partial charge < -0.3 is 31.1 Å². The Kier molecular flexibility index (Phi) is 8.37. The number of imide groups is 1. The minimum Gasteiger partial charge on any atom is -0.503 e. The largest absolute Gasteiger partial charge is 0.503 e. The number of aromatic amines is 1. The summed E-state index contributed by atoms with van der Waals surface area (Å²) in [5.74, 6) is -3.95. The number of anilines is 1. The lowest BCUT2D eigenvalue weighted by Crippen LogP contribution is -2.63. The number of carbonyl (C=O) groups excluding carboxylic acids is 3. The number of urea groups is 1. The summed E-state index contributed by atoms with van der Waals surface area (Å²) in [6.07, 6.45) is 1.37. The molecule has 5 rings (SSSR count). The Morgan fingerprint density at radius 1 is 1.29 bits per heavy atom. The molecule has 21 nitrogen and oxygen atoms in total. The second kappa shape index (κ2) is 11.9. The molecule has 2 fully saturated rings. The topological polar surface area (TPSA) is 303 Å². The van der Waals surface area contributed by atoms with Crippen molar-refractivity contribution < 1.29 is 42.6 Å². The van der Waals surface area contributed by atoms with Gasteiger partial charge in [-0.1, -0.05) is 16.2 Å². The van der Waals surface area contributed by atoms with E-state index in [0.717, 1.165) is 28.2 Å². The quantitative estimate of drug-likeness (QED) is 0.0740. The molecule has 7 N–H and O–H groups in total. The molecule has 1 saturated heterocycles. The Labute approximate surface area is 273 Å². The first kappa shape index (κ1) is 33.8. The first-order valence-corrected chi connectivity index (χ1v) is 16.3. The van der Waals surface area contributed by atoms with Gasteiger partial charge in [-0.3, -0.25) is 23.9 Å². The second-order valence-corrected chi connectivity index (χ2v) is 13.7. The van der Waals surface area contributed by atoms with Gasteiger partial charge in [-0.2, -0.15) is 8.42 Å². The Morgan fingerprint density at radius 2 is 2.00 bits per heavy atom. The Balaban J connectivity index is 1.28. The van der Waals surface area contributed by atoms with Crippen LogP contribution in [0.15, 0.2) is 32.4 Å². The molecular formula is C25H28N10O11S2. The maximum absolute atomic E-state index is 13.1. The molecule has 0 bridgehead atoms. The van der Waals surface area contributed by atoms with E-state index in [1.807, 2.05) is 0 Å². The number of aromatic nitrogens is 5. The lowest BCUT2D eigenvalue weighted by atomic mass is 9.94. The summed E-state index contributed by atoms with van der Waals surface area (Å²) in [5.41, 5.74) is 0.0853. The van der Waals surface area contributed by atoms with Gasteiger partial charge in [-0.25, -0.2) is 24.1 Å². The van der Waals surface area contributed by atoms with Crippen molar-refractivity contribution in [3.63, 3.8) is 0 Å². The molecule has 4 amide bonds. The fraction of sp³-hybridized carbons (Fsp3) is 0.400. The van der Waals surface area contributed by atoms with Crippen LogP contribution in [-0.2, 0) is 36.0 Å². The highest BCUT2D eigenvalue weighted by atomic mass is 32.2. The van der Waals surface area contributed by atoms with Crippen molar-refractivity contribution in [1.29, 1.82) is 0 Å². The molecule has 3 aromatic heterocycles. The number of hydrogen-bond donors (Lipinski definition) is 6. The third-order valence-corrected chi connectivity index (χ3v) is 9.26. The first-order valence-electron chi connectivity index (χ1n) is 13.9. The number of rotatable bonds is 11. The van der Waals surface area contributed by atoms with Gasteiger partial charge in [0.1, 0.15) is 5.69 Å². The zero-order chi connectivity index (χ0) is 35.3. The molecule has 4 heterocycles. The predicted molar refractivity (Wildman–Crippen MR) is 164 cm³/mol. The van der Waals surface area contributed by atoms with E-state index in [9.17, 15) is 47.4 Å². The van der Waals surface area contributed by atoms with Crippen molar-refractivity contribution in [2.75, 3.05) is 12.3 Å². The number of carbonyl (C=O) groups is 4. The third-order valence-electron chi connectivity index (χ3n) is 7.46. The summed E-state index contributed by atoms with van der Waals surface area (Å²) >= 11 is 0.981. The molecule has 1 aliphatic heterocycles. The van der Waals surface area contributed by atoms with Gasteiger partial charge >= 0.3 is 27.9 Å². The van der Waals surface area contributed by atoms with Crippen LogP contribution >= 0.6 is 11.3 Å². The molecule has 3 aromatic rings. The number of nitrogens with zero attached hydrogens (tertiary/aromatic N) is 6. The molecule has 0 aromatic carbocycles. The van der Waals surface area contributed by atoms with Gasteiger partial charge in [-0.05, 0) is 26.7 Å². The summed E-state index contributed by atoms with van der Waals surface area (Å²) < 4.78 is 28.7. The van der Waals surface area contributed by atoms with Crippen LogP contribution in [0.3, 0.4) is 0 Å². The van der Waals surface area contributed by atoms with Gasteiger partial charge in [0, 0.05) is 36.8 Å². The number of nitrogens with one attached hydrogen (secondary N) is 3. The molecule has 0 radical (unpaired) electrons. The number of thiazole rings is 1. The summed E-state index contributed by atoms with van der Waals surface area (Å²) in [7, 11) is -5.01. The predicted octanol–water partition coefficient (Wildman–Crippen LogP) is -1.64. The number of nitrogens with two attached hydrogens (primary N) is 1. The normalized spacial score (nSPS) is 19.1. The van der Waals surface area contributed by atoms with E-state index < -0.39 is 73.7 Å². The first-order chi connectivity index (χ1) is 22.4. The smallest absolute Gasteiger partial charge is 0.362 e. The third kappa shape index (κ3) is 5.99. The fourth-order valence-electron chi connectivity index (χ4n) is 4.65. The van der Waals surface area contributed by atoms with Gasteiger partial charge in [0.2, 0.25) is 16.9 Å². The summed E-state index contributed by atoms with van der Waals surface area (Å²) in [5, 5.41) is 30.3. The van der Waals surface area contributed by atoms with E-state index in [4.69, 9.17) is 10.6 Å². The number of β-lactam (4-membered cyclic amide) rings is 1. The average Bonchev–Trinajstić information content (AvgIpc) is 3.42. The number of H-pyrrole nitrogens is 1. The molecule has 48 heavy (non-hydrogen) atoms. The van der Waals surface area contributed by atoms with Gasteiger partial charge in [-0.15, -0.1) is 16.4 Å². The number of likely N-dealkylation sites (tertiary alicyclic amines) is 1. The van der Waals surface area contributed by atoms with Crippen LogP contribution in [-0.4, -0.2) is 95.0 Å². The number of pyridine rings is 1. The molecule has 1 aliphatic carbocycles. The molecule has 0 unspecified atom stereocenters. The van der Waals surface area contributed by atoms with Crippen molar-refractivity contribution in [1.82, 2.24) is 38.7 Å². The number of carboxylic acids is 1. The molecule has 1 spiro atoms. The molecule has 2 atom stereocenters. The van der Waals surface area contributed by atoms with Crippen molar-refractivity contribution in [3.8, 4) is 17.3 Å². The summed E-state index contributed by atoms with van der Waals surface area (Å²) in [6, 6.07) is -1.29. The zero-order valence-corrected chi connectivity index (χ0v) is 26.9. The van der Waals surface area contributed by atoms with Crippen LogP contribution in [0.4, 0.5) is 9.93 Å². The second-order valence-electron chi connectivity index (χ2n) is 11.3. The number of hydrogen-bond acceptors (Lipinski definition) is 15. The minimum atomic E-state index is -5.01. The zero-order valence-electron chi connectivity index (χ0n) is 25.3. The van der Waals surface area contributed by atoms with Crippen molar-refractivity contribution >= 4 is 56.2 Å². The van der Waals surface area contributed by atoms with Crippen LogP contribution in [0.25, 0.3) is 11.5 Å². The van der Waals surface area contributed by atoms with Gasteiger partial charge in [0.05, 0.1) is 11.1 Å². The maximum atomic E-state index is 13.1. The summed E-state index contributed by atoms with van der Waals surface area (Å²) in [6.45, 7) is 3.79. The average molecular weight is 709 g/mol. The number of carboxylic acid groups (broad SMARTS) is 1. The monoisotopic (exact) mass is 708 g/mol. The number of oxime groups is 1. The standard InChI is InChI=1S/C25H28N10O11S2/c1-4-5-33-17(11-6-13(36)14(37)8-27-11)30-35(23(33)43)48(44,45)32-22(42)34-10-25(19(34)39)7-15(25)29-18(38)16(12-9-47-21(26)28-12)31-46-24(2,3)20(40)41/h6,8-9,15,37H,4-5,7,10H2,1-3H3,(H2,26,28)(H,27,36)(H,29,38)(H,32,42)(H,40,41)/b31-16-/t15-,25+/m0/s1. The van der Waals surface area contributed by atoms with E-state index in [1.54, 1.807) is 11.6 Å². The molecular weight excluding hydrogens is 680 g/mol. The van der Waals surface area contributed by atoms with Crippen LogP contribution in [0.1, 0.15) is 39.3 Å². The number of aromatic hydroxyl groups is 1. The highest BCUT2D eigenvalue weighted by Gasteiger charge is 2.70. The Morgan fingerprint density at radius 3 is 2.58 bits per heavy atom. The molecule has 256 valence electrons. The van der Waals surface area contributed by atoms with Crippen LogP contribution in [0.2, 0.25) is 0 Å². The minimum absolute atomic E-state index is 0.00105. The van der Waals surface area contributed by atoms with Crippen molar-refractivity contribution in [2.45, 2.75) is 51.8 Å². The van der Waals surface area contributed by atoms with E-state index in [1.165, 1.54) is 19.2 Å². The number of amides is 4. The van der Waals surface area contributed by atoms with E-state index in [2.05, 4.69) is 25.5 Å². The summed E-state index contributed by atoms with van der Waals surface area (Å²) in [4.78, 5) is 87.6. The Hall–Kier alpha value is -5.58. The highest BCUT2D eigenvalue weighted by molar-refractivity contribution is 7.88. The molecule has 1 saturated carbocycles. The van der Waals surface area contributed by atoms with Gasteiger partial charge in [0.15, 0.2) is 22.4 Å². The van der Waals surface area contributed by atoms with Crippen molar-refractivity contribution in [3.05, 3.63) is 44.0 Å². The Bertz CT molecular complexity index is 2110. The lowest BCUT2D eigenvalue weighted by Gasteiger charge is -2.37. The fourth-order valence-corrected chi connectivity index (χ4v) is 6.11. The number of nitrogen functional groups attached to an aromatic ring is 1. The van der Waals surface area contributed by atoms with E-state index in [-0.39, 0.29) is 45.9 Å². The lowest BCUT2D eigenvalue weighted by molar-refractivity contribution is -0.161. The highest BCUT2D eigenvalue weighted by Crippen LogP contribution is 2.54. The van der Waals surface area contributed by atoms with Gasteiger partial charge in [0.25, 0.3) is 5.91 Å². The molecule has 23 heteroatoms. The van der Waals surface area contributed by atoms with Crippen molar-refractivity contribution in [2.24, 2.45) is 10.6 Å². The maximum Gasteiger partial charge on any atom is 0.362 e. The van der Waals surface area contributed by atoms with Crippen LogP contribution in [0, 0.1) is 5.41 Å².